The summed E-state index contributed by atoms with van der Waals surface area (Å²) in [6.45, 7) is 2.20. The van der Waals surface area contributed by atoms with Crippen molar-refractivity contribution in [3.05, 3.63) is 30.1 Å². The predicted octanol–water partition coefficient (Wildman–Crippen LogP) is 2.53. The van der Waals surface area contributed by atoms with E-state index in [0.29, 0.717) is 0 Å². The van der Waals surface area contributed by atoms with E-state index in [4.69, 9.17) is 0 Å². The summed E-state index contributed by atoms with van der Waals surface area (Å²) in [5.41, 5.74) is 3.71. The highest BCUT2D eigenvalue weighted by Crippen LogP contribution is 2.14. The smallest absolute Gasteiger partial charge is 0.0955 e. The van der Waals surface area contributed by atoms with Crippen molar-refractivity contribution in [2.45, 2.75) is 19.8 Å². The van der Waals surface area contributed by atoms with Crippen LogP contribution in [0.15, 0.2) is 24.5 Å². The molecule has 0 amide bonds. The van der Waals surface area contributed by atoms with Gasteiger partial charge >= 0.3 is 0 Å². The van der Waals surface area contributed by atoms with Gasteiger partial charge < -0.3 is 4.57 Å². The lowest BCUT2D eigenvalue weighted by Crippen LogP contribution is -1.87. The zero-order valence-electron chi connectivity index (χ0n) is 8.12. The predicted molar refractivity (Wildman–Crippen MR) is 54.7 cm³/mol. The Labute approximate surface area is 78.2 Å². The highest BCUT2D eigenvalue weighted by atomic mass is 15.0. The minimum atomic E-state index is 1.09. The summed E-state index contributed by atoms with van der Waals surface area (Å²) >= 11 is 0. The minimum absolute atomic E-state index is 1.09. The molecule has 0 saturated heterocycles. The average molecular weight is 174 g/mol. The van der Waals surface area contributed by atoms with Gasteiger partial charge in [-0.05, 0) is 24.1 Å². The summed E-state index contributed by atoms with van der Waals surface area (Å²) in [6.07, 6.45) is 4.21. The first-order valence-corrected chi connectivity index (χ1v) is 4.71. The number of aromatic nitrogens is 2. The van der Waals surface area contributed by atoms with Crippen molar-refractivity contribution in [3.8, 4) is 0 Å². The van der Waals surface area contributed by atoms with Crippen LogP contribution < -0.4 is 0 Å². The Morgan fingerprint density at radius 3 is 3.00 bits per heavy atom. The van der Waals surface area contributed by atoms with E-state index in [-0.39, 0.29) is 0 Å². The average Bonchev–Trinajstić information content (AvgIpc) is 2.49. The van der Waals surface area contributed by atoms with E-state index < -0.39 is 0 Å². The fourth-order valence-electron chi connectivity index (χ4n) is 1.62. The SMILES string of the molecule is CCCc1ccc2ncn(C)c2c1. The Kier molecular flexibility index (Phi) is 2.05. The maximum atomic E-state index is 4.28. The second kappa shape index (κ2) is 3.21. The molecule has 2 rings (SSSR count). The second-order valence-electron chi connectivity index (χ2n) is 3.43. The molecule has 2 nitrogen and oxygen atoms in total. The molecule has 0 atom stereocenters. The van der Waals surface area contributed by atoms with E-state index >= 15 is 0 Å². The van der Waals surface area contributed by atoms with Gasteiger partial charge in [-0.3, -0.25) is 0 Å². The van der Waals surface area contributed by atoms with Crippen LogP contribution in [0.5, 0.6) is 0 Å². The molecule has 0 aliphatic heterocycles. The van der Waals surface area contributed by atoms with E-state index in [1.54, 1.807) is 0 Å². The van der Waals surface area contributed by atoms with Gasteiger partial charge in [0, 0.05) is 7.05 Å². The highest BCUT2D eigenvalue weighted by Gasteiger charge is 1.99. The number of rotatable bonds is 2. The molecule has 2 aromatic rings. The zero-order chi connectivity index (χ0) is 9.26. The number of hydrogen-bond donors (Lipinski definition) is 0. The maximum absolute atomic E-state index is 4.28. The fraction of sp³-hybridized carbons (Fsp3) is 0.364. The van der Waals surface area contributed by atoms with Crippen molar-refractivity contribution >= 4 is 11.0 Å². The standard InChI is InChI=1S/C11H14N2/c1-3-4-9-5-6-10-11(7-9)13(2)8-12-10/h5-8H,3-4H2,1-2H3. The second-order valence-corrected chi connectivity index (χ2v) is 3.43. The lowest BCUT2D eigenvalue weighted by molar-refractivity contribution is 0.916. The van der Waals surface area contributed by atoms with E-state index in [0.717, 1.165) is 11.9 Å². The van der Waals surface area contributed by atoms with Gasteiger partial charge in [0.05, 0.1) is 17.4 Å². The summed E-state index contributed by atoms with van der Waals surface area (Å²) in [4.78, 5) is 4.28. The van der Waals surface area contributed by atoms with Crippen molar-refractivity contribution < 1.29 is 0 Å². The van der Waals surface area contributed by atoms with Gasteiger partial charge in [-0.1, -0.05) is 19.4 Å². The quantitative estimate of drug-likeness (QED) is 0.684. The van der Waals surface area contributed by atoms with Crippen LogP contribution in [0.1, 0.15) is 18.9 Å². The van der Waals surface area contributed by atoms with Crippen LogP contribution in [0.25, 0.3) is 11.0 Å². The minimum Gasteiger partial charge on any atom is -0.334 e. The van der Waals surface area contributed by atoms with E-state index in [1.165, 1.54) is 17.5 Å². The van der Waals surface area contributed by atoms with Crippen LogP contribution in [-0.4, -0.2) is 9.55 Å². The fourth-order valence-corrected chi connectivity index (χ4v) is 1.62. The van der Waals surface area contributed by atoms with Gasteiger partial charge in [0.15, 0.2) is 0 Å². The van der Waals surface area contributed by atoms with Gasteiger partial charge in [-0.25, -0.2) is 4.98 Å². The third-order valence-electron chi connectivity index (χ3n) is 2.33. The Morgan fingerprint density at radius 1 is 1.38 bits per heavy atom. The van der Waals surface area contributed by atoms with Crippen LogP contribution in [-0.2, 0) is 13.5 Å². The molecular formula is C11H14N2. The third-order valence-corrected chi connectivity index (χ3v) is 2.33. The van der Waals surface area contributed by atoms with Crippen molar-refractivity contribution in [1.29, 1.82) is 0 Å². The van der Waals surface area contributed by atoms with Crippen LogP contribution in [0, 0.1) is 0 Å². The molecule has 0 spiro atoms. The van der Waals surface area contributed by atoms with Crippen molar-refractivity contribution in [2.75, 3.05) is 0 Å². The first kappa shape index (κ1) is 8.30. The Morgan fingerprint density at radius 2 is 2.23 bits per heavy atom. The van der Waals surface area contributed by atoms with Crippen LogP contribution >= 0.6 is 0 Å². The summed E-state index contributed by atoms with van der Waals surface area (Å²) < 4.78 is 2.06. The topological polar surface area (TPSA) is 17.8 Å². The van der Waals surface area contributed by atoms with Crippen LogP contribution in [0.4, 0.5) is 0 Å². The molecule has 0 aliphatic rings. The molecule has 0 bridgehead atoms. The Balaban J connectivity index is 2.53. The largest absolute Gasteiger partial charge is 0.334 e. The molecule has 0 N–H and O–H groups in total. The summed E-state index contributed by atoms with van der Waals surface area (Å²) in [5.74, 6) is 0. The lowest BCUT2D eigenvalue weighted by atomic mass is 10.1. The normalized spacial score (nSPS) is 10.9. The first-order valence-electron chi connectivity index (χ1n) is 4.71. The number of aryl methyl sites for hydroxylation is 2. The van der Waals surface area contributed by atoms with Crippen molar-refractivity contribution in [3.63, 3.8) is 0 Å². The zero-order valence-corrected chi connectivity index (χ0v) is 8.12. The molecule has 68 valence electrons. The number of benzene rings is 1. The number of nitrogens with zero attached hydrogens (tertiary/aromatic N) is 2. The summed E-state index contributed by atoms with van der Waals surface area (Å²) in [6, 6.07) is 6.49. The summed E-state index contributed by atoms with van der Waals surface area (Å²) in [5, 5.41) is 0. The molecule has 0 radical (unpaired) electrons. The summed E-state index contributed by atoms with van der Waals surface area (Å²) in [7, 11) is 2.03. The molecule has 1 aromatic heterocycles. The van der Waals surface area contributed by atoms with Gasteiger partial charge in [0.25, 0.3) is 0 Å². The molecule has 0 fully saturated rings. The van der Waals surface area contributed by atoms with E-state index in [9.17, 15) is 0 Å². The number of hydrogen-bond acceptors (Lipinski definition) is 1. The van der Waals surface area contributed by atoms with Crippen LogP contribution in [0.3, 0.4) is 0 Å². The lowest BCUT2D eigenvalue weighted by Gasteiger charge is -1.99. The number of fused-ring (bicyclic) bond motifs is 1. The van der Waals surface area contributed by atoms with E-state index in [2.05, 4.69) is 34.7 Å². The maximum Gasteiger partial charge on any atom is 0.0955 e. The third kappa shape index (κ3) is 1.44. The Bertz CT molecular complexity index is 415. The molecule has 0 aliphatic carbocycles. The molecule has 2 heteroatoms. The molecular weight excluding hydrogens is 160 g/mol. The van der Waals surface area contributed by atoms with Crippen molar-refractivity contribution in [1.82, 2.24) is 9.55 Å². The van der Waals surface area contributed by atoms with Gasteiger partial charge in [0.2, 0.25) is 0 Å². The van der Waals surface area contributed by atoms with Gasteiger partial charge in [-0.15, -0.1) is 0 Å². The highest BCUT2D eigenvalue weighted by molar-refractivity contribution is 5.75. The van der Waals surface area contributed by atoms with Gasteiger partial charge in [-0.2, -0.15) is 0 Å². The monoisotopic (exact) mass is 174 g/mol. The van der Waals surface area contributed by atoms with Crippen LogP contribution in [0.2, 0.25) is 0 Å². The number of imidazole rings is 1. The molecule has 1 aromatic carbocycles. The molecule has 13 heavy (non-hydrogen) atoms. The molecule has 0 unspecified atom stereocenters. The van der Waals surface area contributed by atoms with E-state index in [1.807, 2.05) is 13.4 Å². The van der Waals surface area contributed by atoms with Gasteiger partial charge in [0.1, 0.15) is 0 Å². The molecule has 0 saturated carbocycles. The Hall–Kier alpha value is -1.31. The first-order chi connectivity index (χ1) is 6.31. The molecule has 1 heterocycles. The van der Waals surface area contributed by atoms with Crippen molar-refractivity contribution in [2.24, 2.45) is 7.05 Å².